The Morgan fingerprint density at radius 1 is 1.41 bits per heavy atom. The third kappa shape index (κ3) is 2.21. The van der Waals surface area contributed by atoms with E-state index in [1.54, 1.807) is 6.92 Å². The number of amides is 3. The van der Waals surface area contributed by atoms with Crippen molar-refractivity contribution in [2.75, 3.05) is 6.54 Å². The minimum absolute atomic E-state index is 0.216. The lowest BCUT2D eigenvalue weighted by atomic mass is 10.0. The molecule has 3 heterocycles. The van der Waals surface area contributed by atoms with Gasteiger partial charge in [0.2, 0.25) is 0 Å². The molecule has 1 N–H and O–H groups in total. The molecule has 0 spiro atoms. The van der Waals surface area contributed by atoms with Crippen LogP contribution in [0.15, 0.2) is 22.0 Å². The van der Waals surface area contributed by atoms with Crippen LogP contribution in [0.25, 0.3) is 0 Å². The molecule has 0 radical (unpaired) electrons. The lowest BCUT2D eigenvalue weighted by Gasteiger charge is -2.20. The highest BCUT2D eigenvalue weighted by molar-refractivity contribution is 7.10. The first kappa shape index (κ1) is 14.8. The number of aryl methyl sites for hydroxylation is 2. The van der Waals surface area contributed by atoms with Gasteiger partial charge in [-0.25, -0.2) is 4.79 Å². The summed E-state index contributed by atoms with van der Waals surface area (Å²) < 4.78 is 5.11. The third-order valence-electron chi connectivity index (χ3n) is 4.06. The molecule has 1 aliphatic heterocycles. The van der Waals surface area contributed by atoms with Gasteiger partial charge in [-0.3, -0.25) is 9.69 Å². The van der Waals surface area contributed by atoms with Crippen LogP contribution in [0.4, 0.5) is 4.79 Å². The Kier molecular flexibility index (Phi) is 3.52. The van der Waals surface area contributed by atoms with Gasteiger partial charge in [0.15, 0.2) is 5.54 Å². The SMILES string of the molecule is Cc1noc(C)c1CCN1C(=O)NC(C)(c2cccs2)C1=O. The molecular weight excluding hydrogens is 302 g/mol. The second-order valence-corrected chi connectivity index (χ2v) is 6.49. The van der Waals surface area contributed by atoms with E-state index in [0.29, 0.717) is 13.0 Å². The second kappa shape index (κ2) is 5.24. The number of nitrogens with one attached hydrogen (secondary N) is 1. The van der Waals surface area contributed by atoms with E-state index in [0.717, 1.165) is 21.9 Å². The molecule has 0 aromatic carbocycles. The summed E-state index contributed by atoms with van der Waals surface area (Å²) in [7, 11) is 0. The van der Waals surface area contributed by atoms with Gasteiger partial charge in [0.25, 0.3) is 5.91 Å². The maximum absolute atomic E-state index is 12.7. The van der Waals surface area contributed by atoms with Crippen molar-refractivity contribution in [3.63, 3.8) is 0 Å². The van der Waals surface area contributed by atoms with Crippen LogP contribution in [0.3, 0.4) is 0 Å². The van der Waals surface area contributed by atoms with E-state index in [4.69, 9.17) is 4.52 Å². The Labute approximate surface area is 132 Å². The number of carbonyl (C=O) groups is 2. The lowest BCUT2D eigenvalue weighted by Crippen LogP contribution is -2.40. The first-order chi connectivity index (χ1) is 10.4. The number of rotatable bonds is 4. The van der Waals surface area contributed by atoms with E-state index in [2.05, 4.69) is 10.5 Å². The first-order valence-electron chi connectivity index (χ1n) is 7.03. The highest BCUT2D eigenvalue weighted by Crippen LogP contribution is 2.32. The number of hydrogen-bond acceptors (Lipinski definition) is 5. The largest absolute Gasteiger partial charge is 0.361 e. The summed E-state index contributed by atoms with van der Waals surface area (Å²) in [5.41, 5.74) is 0.778. The van der Waals surface area contributed by atoms with Crippen molar-refractivity contribution in [3.8, 4) is 0 Å². The molecule has 2 aromatic rings. The molecule has 1 atom stereocenters. The quantitative estimate of drug-likeness (QED) is 0.878. The second-order valence-electron chi connectivity index (χ2n) is 5.54. The number of aromatic nitrogens is 1. The van der Waals surface area contributed by atoms with Crippen LogP contribution in [0.1, 0.15) is 28.8 Å². The molecule has 1 saturated heterocycles. The van der Waals surface area contributed by atoms with E-state index < -0.39 is 5.54 Å². The van der Waals surface area contributed by atoms with Gasteiger partial charge >= 0.3 is 6.03 Å². The van der Waals surface area contributed by atoms with Crippen molar-refractivity contribution in [2.45, 2.75) is 32.7 Å². The molecule has 0 bridgehead atoms. The maximum atomic E-state index is 12.7. The van der Waals surface area contributed by atoms with Crippen molar-refractivity contribution in [1.29, 1.82) is 0 Å². The zero-order valence-electron chi connectivity index (χ0n) is 12.7. The first-order valence-corrected chi connectivity index (χ1v) is 7.91. The molecule has 0 aliphatic carbocycles. The average molecular weight is 319 g/mol. The van der Waals surface area contributed by atoms with Crippen LogP contribution >= 0.6 is 11.3 Å². The summed E-state index contributed by atoms with van der Waals surface area (Å²) in [4.78, 5) is 27.0. The van der Waals surface area contributed by atoms with Crippen LogP contribution in [0, 0.1) is 13.8 Å². The number of hydrogen-bond donors (Lipinski definition) is 1. The molecule has 3 amide bonds. The minimum Gasteiger partial charge on any atom is -0.361 e. The highest BCUT2D eigenvalue weighted by Gasteiger charge is 2.49. The molecule has 0 saturated carbocycles. The minimum atomic E-state index is -0.968. The fraction of sp³-hybridized carbons (Fsp3) is 0.400. The van der Waals surface area contributed by atoms with E-state index in [1.165, 1.54) is 16.2 Å². The predicted octanol–water partition coefficient (Wildman–Crippen LogP) is 2.36. The number of imide groups is 1. The average Bonchev–Trinajstić information content (AvgIpc) is 3.15. The van der Waals surface area contributed by atoms with E-state index in [9.17, 15) is 9.59 Å². The summed E-state index contributed by atoms with van der Waals surface area (Å²) in [6.45, 7) is 5.74. The topological polar surface area (TPSA) is 75.4 Å². The molecule has 1 fully saturated rings. The Morgan fingerprint density at radius 3 is 2.77 bits per heavy atom. The summed E-state index contributed by atoms with van der Waals surface area (Å²) in [6, 6.07) is 3.38. The van der Waals surface area contributed by atoms with Crippen molar-refractivity contribution < 1.29 is 14.1 Å². The Bertz CT molecular complexity index is 703. The summed E-state index contributed by atoms with van der Waals surface area (Å²) in [6.07, 6.45) is 0.543. The fourth-order valence-electron chi connectivity index (χ4n) is 2.71. The lowest BCUT2D eigenvalue weighted by molar-refractivity contribution is -0.130. The Hall–Kier alpha value is -2.15. The van der Waals surface area contributed by atoms with E-state index in [-0.39, 0.29) is 11.9 Å². The van der Waals surface area contributed by atoms with Crippen LogP contribution in [-0.2, 0) is 16.8 Å². The molecule has 3 rings (SSSR count). The van der Waals surface area contributed by atoms with Gasteiger partial charge in [-0.05, 0) is 38.6 Å². The Balaban J connectivity index is 1.78. The molecule has 1 unspecified atom stereocenters. The number of thiophene rings is 1. The molecule has 2 aromatic heterocycles. The standard InChI is InChI=1S/C15H17N3O3S/c1-9-11(10(2)21-17-9)6-7-18-13(19)15(3,16-14(18)20)12-5-4-8-22-12/h4-5,8H,6-7H2,1-3H3,(H,16,20). The highest BCUT2D eigenvalue weighted by atomic mass is 32.1. The van der Waals surface area contributed by atoms with Gasteiger partial charge in [-0.15, -0.1) is 11.3 Å². The normalized spacial score (nSPS) is 21.5. The molecular formula is C15H17N3O3S. The van der Waals surface area contributed by atoms with Crippen LogP contribution in [-0.4, -0.2) is 28.5 Å². The number of carbonyl (C=O) groups excluding carboxylic acids is 2. The smallest absolute Gasteiger partial charge is 0.325 e. The van der Waals surface area contributed by atoms with Gasteiger partial charge in [0.1, 0.15) is 5.76 Å². The van der Waals surface area contributed by atoms with Crippen molar-refractivity contribution in [3.05, 3.63) is 39.4 Å². The molecule has 1 aliphatic rings. The summed E-state index contributed by atoms with van der Waals surface area (Å²) in [5, 5.41) is 8.59. The van der Waals surface area contributed by atoms with Gasteiger partial charge in [-0.2, -0.15) is 0 Å². The Morgan fingerprint density at radius 2 is 2.18 bits per heavy atom. The number of urea groups is 1. The van der Waals surface area contributed by atoms with Crippen molar-refractivity contribution in [1.82, 2.24) is 15.4 Å². The fourth-order valence-corrected chi connectivity index (χ4v) is 3.55. The zero-order valence-corrected chi connectivity index (χ0v) is 13.5. The van der Waals surface area contributed by atoms with Crippen LogP contribution in [0.5, 0.6) is 0 Å². The van der Waals surface area contributed by atoms with Crippen LogP contribution < -0.4 is 5.32 Å². The summed E-state index contributed by atoms with van der Waals surface area (Å²) in [5.74, 6) is 0.511. The maximum Gasteiger partial charge on any atom is 0.325 e. The molecule has 116 valence electrons. The molecule has 7 heteroatoms. The monoisotopic (exact) mass is 319 g/mol. The van der Waals surface area contributed by atoms with Crippen molar-refractivity contribution >= 4 is 23.3 Å². The molecule has 22 heavy (non-hydrogen) atoms. The summed E-state index contributed by atoms with van der Waals surface area (Å²) >= 11 is 1.46. The van der Waals surface area contributed by atoms with Gasteiger partial charge in [0.05, 0.1) is 5.69 Å². The van der Waals surface area contributed by atoms with Crippen molar-refractivity contribution in [2.24, 2.45) is 0 Å². The van der Waals surface area contributed by atoms with E-state index in [1.807, 2.05) is 31.4 Å². The van der Waals surface area contributed by atoms with E-state index >= 15 is 0 Å². The molecule has 6 nitrogen and oxygen atoms in total. The zero-order chi connectivity index (χ0) is 15.9. The van der Waals surface area contributed by atoms with Crippen LogP contribution in [0.2, 0.25) is 0 Å². The van der Waals surface area contributed by atoms with Gasteiger partial charge in [-0.1, -0.05) is 11.2 Å². The van der Waals surface area contributed by atoms with Gasteiger partial charge in [0, 0.05) is 17.0 Å². The predicted molar refractivity (Wildman–Crippen MR) is 81.6 cm³/mol. The number of nitrogens with zero attached hydrogens (tertiary/aromatic N) is 2. The third-order valence-corrected chi connectivity index (χ3v) is 5.15. The van der Waals surface area contributed by atoms with Gasteiger partial charge < -0.3 is 9.84 Å².